The highest BCUT2D eigenvalue weighted by Gasteiger charge is 2.34. The van der Waals surface area contributed by atoms with Gasteiger partial charge in [0.05, 0.1) is 32.7 Å². The van der Waals surface area contributed by atoms with Gasteiger partial charge in [0.25, 0.3) is 0 Å². The first-order chi connectivity index (χ1) is 18.7. The number of hydrogen-bond acceptors (Lipinski definition) is 7. The average Bonchev–Trinajstić information content (AvgIpc) is 3.05. The van der Waals surface area contributed by atoms with Gasteiger partial charge in [0.2, 0.25) is 10.0 Å². The maximum atomic E-state index is 13.7. The van der Waals surface area contributed by atoms with Gasteiger partial charge in [-0.15, -0.1) is 0 Å². The topological polar surface area (TPSA) is 106 Å². The minimum absolute atomic E-state index is 0.0647. The minimum Gasteiger partial charge on any atom is -0.495 e. The number of hydrogen-bond donors (Lipinski definition) is 0. The molecule has 0 radical (unpaired) electrons. The van der Waals surface area contributed by atoms with Crippen LogP contribution in [0.25, 0.3) is 0 Å². The molecule has 0 N–H and O–H groups in total. The fourth-order valence-corrected chi connectivity index (χ4v) is 6.34. The Hall–Kier alpha value is -3.87. The van der Waals surface area contributed by atoms with E-state index in [9.17, 15) is 18.5 Å². The summed E-state index contributed by atoms with van der Waals surface area (Å²) in [6.07, 6.45) is 0.432. The van der Waals surface area contributed by atoms with E-state index in [1.54, 1.807) is 42.5 Å². The summed E-state index contributed by atoms with van der Waals surface area (Å²) in [4.78, 5) is 12.6. The third-order valence-corrected chi connectivity index (χ3v) is 8.94. The lowest BCUT2D eigenvalue weighted by Gasteiger charge is -2.24. The summed E-state index contributed by atoms with van der Waals surface area (Å²) in [5.41, 5.74) is 3.74. The molecular weight excluding hydrogens is 516 g/mol. The number of rotatable bonds is 8. The summed E-state index contributed by atoms with van der Waals surface area (Å²) in [5, 5.41) is 9.40. The molecule has 4 rings (SSSR count). The smallest absolute Gasteiger partial charge is 0.306 e. The third kappa shape index (κ3) is 5.92. The van der Waals surface area contributed by atoms with E-state index in [-0.39, 0.29) is 36.5 Å². The molecule has 1 aliphatic rings. The van der Waals surface area contributed by atoms with Crippen molar-refractivity contribution in [3.05, 3.63) is 88.5 Å². The van der Waals surface area contributed by atoms with Crippen LogP contribution in [0.5, 0.6) is 11.5 Å². The molecule has 2 atom stereocenters. The van der Waals surface area contributed by atoms with Gasteiger partial charge in [0, 0.05) is 12.5 Å². The van der Waals surface area contributed by atoms with Crippen molar-refractivity contribution in [2.45, 2.75) is 50.2 Å². The fraction of sp³-hybridized carbons (Fsp3) is 0.333. The largest absolute Gasteiger partial charge is 0.495 e. The Balaban J connectivity index is 1.75. The first-order valence-electron chi connectivity index (χ1n) is 12.7. The molecule has 0 amide bonds. The average molecular weight is 549 g/mol. The van der Waals surface area contributed by atoms with Gasteiger partial charge in [-0.2, -0.15) is 9.57 Å². The number of para-hydroxylation sites is 1. The number of carbonyl (C=O) groups is 1. The van der Waals surface area contributed by atoms with Crippen molar-refractivity contribution in [1.82, 2.24) is 4.31 Å². The van der Waals surface area contributed by atoms with Crippen LogP contribution >= 0.6 is 0 Å². The summed E-state index contributed by atoms with van der Waals surface area (Å²) in [7, 11) is -0.982. The molecule has 0 aromatic heterocycles. The molecule has 1 aliphatic heterocycles. The number of esters is 1. The molecule has 1 unspecified atom stereocenters. The van der Waals surface area contributed by atoms with Crippen LogP contribution in [0.3, 0.4) is 0 Å². The summed E-state index contributed by atoms with van der Waals surface area (Å²) < 4.78 is 45.3. The predicted molar refractivity (Wildman–Crippen MR) is 146 cm³/mol. The molecule has 9 heteroatoms. The number of methoxy groups -OCH3 is 2. The van der Waals surface area contributed by atoms with Crippen molar-refractivity contribution in [3.8, 4) is 17.6 Å². The standard InChI is InChI=1S/C30H32N2O6S/c1-5-25-19-32(39(34,35)29-9-7-6-8-27(29)38-25)18-24-14-21(11-10-20(24)2)26(16-30(33)37-4)22-12-13-23(17-31)28(15-22)36-3/h6-15,25-26H,5,16,18-19H2,1-4H3/t25-,26?/m1/s1. The van der Waals surface area contributed by atoms with Gasteiger partial charge in [-0.1, -0.05) is 43.3 Å². The van der Waals surface area contributed by atoms with Gasteiger partial charge in [-0.3, -0.25) is 4.79 Å². The lowest BCUT2D eigenvalue weighted by molar-refractivity contribution is -0.140. The van der Waals surface area contributed by atoms with Crippen molar-refractivity contribution >= 4 is 16.0 Å². The molecule has 0 aliphatic carbocycles. The number of carbonyl (C=O) groups excluding carboxylic acids is 1. The Kier molecular flexibility index (Phi) is 8.58. The monoisotopic (exact) mass is 548 g/mol. The maximum Gasteiger partial charge on any atom is 0.306 e. The number of nitriles is 1. The number of ether oxygens (including phenoxy) is 3. The van der Waals surface area contributed by atoms with Crippen molar-refractivity contribution in [1.29, 1.82) is 5.26 Å². The Morgan fingerprint density at radius 1 is 1.13 bits per heavy atom. The Morgan fingerprint density at radius 3 is 2.54 bits per heavy atom. The van der Waals surface area contributed by atoms with Crippen molar-refractivity contribution < 1.29 is 27.4 Å². The highest BCUT2D eigenvalue weighted by molar-refractivity contribution is 7.89. The van der Waals surface area contributed by atoms with E-state index in [1.807, 2.05) is 32.0 Å². The Bertz CT molecular complexity index is 1510. The second-order valence-electron chi connectivity index (χ2n) is 9.48. The SMILES string of the molecule is CC[C@@H]1CN(Cc2cc(C(CC(=O)OC)c3ccc(C#N)c(OC)c3)ccc2C)S(=O)(=O)c2ccccc2O1. The van der Waals surface area contributed by atoms with Gasteiger partial charge in [-0.05, 0) is 59.9 Å². The Labute approximate surface area is 229 Å². The van der Waals surface area contributed by atoms with Crippen LogP contribution in [0, 0.1) is 18.3 Å². The molecule has 204 valence electrons. The van der Waals surface area contributed by atoms with E-state index in [2.05, 4.69) is 6.07 Å². The molecule has 3 aromatic carbocycles. The summed E-state index contributed by atoms with van der Waals surface area (Å²) in [6, 6.07) is 19.9. The first kappa shape index (κ1) is 28.1. The number of benzene rings is 3. The second kappa shape index (κ2) is 11.9. The molecule has 3 aromatic rings. The molecule has 0 saturated carbocycles. The molecule has 39 heavy (non-hydrogen) atoms. The third-order valence-electron chi connectivity index (χ3n) is 7.09. The van der Waals surface area contributed by atoms with Crippen molar-refractivity contribution in [3.63, 3.8) is 0 Å². The zero-order valence-corrected chi connectivity index (χ0v) is 23.3. The zero-order chi connectivity index (χ0) is 28.2. The first-order valence-corrected chi connectivity index (χ1v) is 14.2. The molecule has 0 saturated heterocycles. The number of nitrogens with zero attached hydrogens (tertiary/aromatic N) is 2. The van der Waals surface area contributed by atoms with Crippen LogP contribution in [0.1, 0.15) is 53.5 Å². The van der Waals surface area contributed by atoms with Gasteiger partial charge >= 0.3 is 5.97 Å². The molecule has 0 spiro atoms. The molecular formula is C30H32N2O6S. The molecule has 0 bridgehead atoms. The van der Waals surface area contributed by atoms with E-state index < -0.39 is 15.9 Å². The second-order valence-corrected chi connectivity index (χ2v) is 11.4. The summed E-state index contributed by atoms with van der Waals surface area (Å²) in [6.45, 7) is 4.28. The van der Waals surface area contributed by atoms with E-state index in [1.165, 1.54) is 18.5 Å². The molecule has 0 fully saturated rings. The van der Waals surface area contributed by atoms with Crippen LogP contribution < -0.4 is 9.47 Å². The predicted octanol–water partition coefficient (Wildman–Crippen LogP) is 4.93. The summed E-state index contributed by atoms with van der Waals surface area (Å²) in [5.74, 6) is -0.00548. The van der Waals surface area contributed by atoms with Gasteiger partial charge in [0.15, 0.2) is 0 Å². The lowest BCUT2D eigenvalue weighted by Crippen LogP contribution is -2.36. The molecule has 1 heterocycles. The van der Waals surface area contributed by atoms with Gasteiger partial charge in [-0.25, -0.2) is 8.42 Å². The van der Waals surface area contributed by atoms with Gasteiger partial charge in [0.1, 0.15) is 28.6 Å². The summed E-state index contributed by atoms with van der Waals surface area (Å²) >= 11 is 0. The highest BCUT2D eigenvalue weighted by atomic mass is 32.2. The van der Waals surface area contributed by atoms with E-state index in [0.717, 1.165) is 22.3 Å². The number of fused-ring (bicyclic) bond motifs is 1. The lowest BCUT2D eigenvalue weighted by atomic mass is 9.86. The number of aryl methyl sites for hydroxylation is 1. The highest BCUT2D eigenvalue weighted by Crippen LogP contribution is 2.35. The van der Waals surface area contributed by atoms with Crippen LogP contribution in [0.4, 0.5) is 0 Å². The maximum absolute atomic E-state index is 13.7. The quantitative estimate of drug-likeness (QED) is 0.368. The van der Waals surface area contributed by atoms with Crippen molar-refractivity contribution in [2.75, 3.05) is 20.8 Å². The minimum atomic E-state index is -3.82. The van der Waals surface area contributed by atoms with Crippen LogP contribution in [0.15, 0.2) is 65.6 Å². The molecule has 8 nitrogen and oxygen atoms in total. The van der Waals surface area contributed by atoms with E-state index in [0.29, 0.717) is 23.5 Å². The Morgan fingerprint density at radius 2 is 1.85 bits per heavy atom. The van der Waals surface area contributed by atoms with Crippen LogP contribution in [-0.2, 0) is 26.1 Å². The van der Waals surface area contributed by atoms with Crippen LogP contribution in [0.2, 0.25) is 0 Å². The normalized spacial score (nSPS) is 17.2. The van der Waals surface area contributed by atoms with Crippen molar-refractivity contribution in [2.24, 2.45) is 0 Å². The van der Waals surface area contributed by atoms with Gasteiger partial charge < -0.3 is 14.2 Å². The van der Waals surface area contributed by atoms with Crippen LogP contribution in [-0.4, -0.2) is 45.6 Å². The van der Waals surface area contributed by atoms with E-state index >= 15 is 0 Å². The fourth-order valence-electron chi connectivity index (χ4n) is 4.77. The zero-order valence-electron chi connectivity index (χ0n) is 22.5. The number of sulfonamides is 1. The van der Waals surface area contributed by atoms with E-state index in [4.69, 9.17) is 14.2 Å².